The Bertz CT molecular complexity index is 470. The summed E-state index contributed by atoms with van der Waals surface area (Å²) in [7, 11) is 1.48. The number of nitrogens with one attached hydrogen (secondary N) is 1. The third-order valence-corrected chi connectivity index (χ3v) is 3.48. The Hall–Kier alpha value is -0.850. The zero-order valence-corrected chi connectivity index (χ0v) is 12.0. The summed E-state index contributed by atoms with van der Waals surface area (Å²) >= 11 is 6.53. The number of halogens is 2. The van der Waals surface area contributed by atoms with Crippen LogP contribution in [0.2, 0.25) is 0 Å². The third kappa shape index (κ3) is 2.70. The van der Waals surface area contributed by atoms with E-state index in [4.69, 9.17) is 9.47 Å². The number of hydrogen-bond acceptors (Lipinski definition) is 4. The zero-order chi connectivity index (χ0) is 12.4. The Balaban J connectivity index is 2.22. The molecule has 0 radical (unpaired) electrons. The lowest BCUT2D eigenvalue weighted by Gasteiger charge is -2.13. The van der Waals surface area contributed by atoms with Gasteiger partial charge in [-0.2, -0.15) is 0 Å². The van der Waals surface area contributed by atoms with Crippen molar-refractivity contribution in [3.63, 3.8) is 0 Å². The molecule has 0 unspecified atom stereocenters. The van der Waals surface area contributed by atoms with E-state index in [0.29, 0.717) is 10.2 Å². The number of cyclic esters (lactones) is 1. The largest absolute Gasteiger partial charge is 0.426 e. The van der Waals surface area contributed by atoms with Gasteiger partial charge in [0, 0.05) is 17.3 Å². The van der Waals surface area contributed by atoms with Crippen LogP contribution in [0.3, 0.4) is 0 Å². The molecule has 0 aromatic heterocycles. The molecular weight excluding hydrogens is 354 g/mol. The summed E-state index contributed by atoms with van der Waals surface area (Å²) in [5, 5.41) is 3.09. The number of anilines is 1. The fourth-order valence-corrected chi connectivity index (χ4v) is 2.03. The summed E-state index contributed by atoms with van der Waals surface area (Å²) in [6, 6.07) is 7.56. The van der Waals surface area contributed by atoms with Crippen molar-refractivity contribution in [2.75, 3.05) is 12.4 Å². The number of methoxy groups -OCH3 is 1. The van der Waals surface area contributed by atoms with E-state index in [9.17, 15) is 4.79 Å². The maximum Gasteiger partial charge on any atom is 0.349 e. The lowest BCUT2D eigenvalue weighted by Crippen LogP contribution is -2.18. The average molecular weight is 363 g/mol. The SMILES string of the molecule is CO[C@@H]1OC(=O)C(Br)=C1Nc1ccc(Br)cc1. The highest BCUT2D eigenvalue weighted by molar-refractivity contribution is 9.12. The van der Waals surface area contributed by atoms with Gasteiger partial charge in [0.2, 0.25) is 6.29 Å². The Morgan fingerprint density at radius 2 is 1.94 bits per heavy atom. The number of rotatable bonds is 3. The molecule has 0 spiro atoms. The van der Waals surface area contributed by atoms with Gasteiger partial charge in [-0.05, 0) is 40.2 Å². The maximum absolute atomic E-state index is 11.3. The Morgan fingerprint density at radius 3 is 2.53 bits per heavy atom. The molecular formula is C11H9Br2NO3. The molecule has 0 saturated heterocycles. The van der Waals surface area contributed by atoms with Crippen LogP contribution in [-0.4, -0.2) is 19.4 Å². The van der Waals surface area contributed by atoms with Crippen LogP contribution in [0, 0.1) is 0 Å². The number of carbonyl (C=O) groups is 1. The van der Waals surface area contributed by atoms with Crippen LogP contribution in [0.5, 0.6) is 0 Å². The summed E-state index contributed by atoms with van der Waals surface area (Å²) in [5.74, 6) is -0.434. The second-order valence-corrected chi connectivity index (χ2v) is 5.04. The number of esters is 1. The summed E-state index contributed by atoms with van der Waals surface area (Å²) in [4.78, 5) is 11.3. The molecule has 2 rings (SSSR count). The van der Waals surface area contributed by atoms with Crippen LogP contribution in [0.25, 0.3) is 0 Å². The smallest absolute Gasteiger partial charge is 0.349 e. The fourth-order valence-electron chi connectivity index (χ4n) is 1.39. The van der Waals surface area contributed by atoms with Crippen molar-refractivity contribution >= 4 is 43.5 Å². The fraction of sp³-hybridized carbons (Fsp3) is 0.182. The van der Waals surface area contributed by atoms with Gasteiger partial charge in [-0.25, -0.2) is 4.79 Å². The first kappa shape index (κ1) is 12.6. The molecule has 1 N–H and O–H groups in total. The first-order valence-corrected chi connectivity index (χ1v) is 6.36. The van der Waals surface area contributed by atoms with Crippen LogP contribution in [-0.2, 0) is 14.3 Å². The predicted molar refractivity (Wildman–Crippen MR) is 70.6 cm³/mol. The molecule has 90 valence electrons. The second-order valence-electron chi connectivity index (χ2n) is 3.33. The van der Waals surface area contributed by atoms with Crippen molar-refractivity contribution in [1.82, 2.24) is 0 Å². The van der Waals surface area contributed by atoms with Gasteiger partial charge in [0.05, 0.1) is 0 Å². The minimum Gasteiger partial charge on any atom is -0.426 e. The number of carbonyl (C=O) groups excluding carboxylic acids is 1. The van der Waals surface area contributed by atoms with E-state index in [-0.39, 0.29) is 0 Å². The van der Waals surface area contributed by atoms with Gasteiger partial charge in [0.1, 0.15) is 10.2 Å². The molecule has 1 aromatic rings. The normalized spacial score (nSPS) is 19.5. The highest BCUT2D eigenvalue weighted by Gasteiger charge is 2.33. The van der Waals surface area contributed by atoms with Crippen molar-refractivity contribution in [1.29, 1.82) is 0 Å². The van der Waals surface area contributed by atoms with Gasteiger partial charge in [-0.15, -0.1) is 0 Å². The quantitative estimate of drug-likeness (QED) is 0.839. The van der Waals surface area contributed by atoms with E-state index in [0.717, 1.165) is 10.2 Å². The summed E-state index contributed by atoms with van der Waals surface area (Å²) in [6.45, 7) is 0. The van der Waals surface area contributed by atoms with E-state index < -0.39 is 12.3 Å². The second kappa shape index (κ2) is 5.20. The lowest BCUT2D eigenvalue weighted by atomic mass is 10.3. The van der Waals surface area contributed by atoms with Crippen LogP contribution < -0.4 is 5.32 Å². The van der Waals surface area contributed by atoms with Crippen molar-refractivity contribution in [3.05, 3.63) is 38.9 Å². The number of hydrogen-bond donors (Lipinski definition) is 1. The van der Waals surface area contributed by atoms with E-state index in [1.54, 1.807) is 0 Å². The zero-order valence-electron chi connectivity index (χ0n) is 8.87. The van der Waals surface area contributed by atoms with Gasteiger partial charge < -0.3 is 14.8 Å². The number of benzene rings is 1. The minimum atomic E-state index is -0.694. The third-order valence-electron chi connectivity index (χ3n) is 2.20. The van der Waals surface area contributed by atoms with Crippen LogP contribution in [0.1, 0.15) is 0 Å². The molecule has 0 fully saturated rings. The van der Waals surface area contributed by atoms with Crippen molar-refractivity contribution in [2.24, 2.45) is 0 Å². The standard InChI is InChI=1S/C11H9Br2NO3/c1-16-11-9(8(13)10(15)17-11)14-7-4-2-6(12)3-5-7/h2-5,11,14H,1H3/t11-/m1/s1. The highest BCUT2D eigenvalue weighted by atomic mass is 79.9. The Kier molecular flexibility index (Phi) is 3.86. The van der Waals surface area contributed by atoms with Crippen LogP contribution in [0.15, 0.2) is 38.9 Å². The van der Waals surface area contributed by atoms with Crippen molar-refractivity contribution in [2.45, 2.75) is 6.29 Å². The predicted octanol–water partition coefficient (Wildman–Crippen LogP) is 3.00. The molecule has 4 nitrogen and oxygen atoms in total. The van der Waals surface area contributed by atoms with Crippen LogP contribution in [0.4, 0.5) is 5.69 Å². The maximum atomic E-state index is 11.3. The summed E-state index contributed by atoms with van der Waals surface area (Å²) in [6.07, 6.45) is -0.694. The van der Waals surface area contributed by atoms with Gasteiger partial charge in [-0.1, -0.05) is 15.9 Å². The first-order chi connectivity index (χ1) is 8.11. The van der Waals surface area contributed by atoms with E-state index >= 15 is 0 Å². The van der Waals surface area contributed by atoms with Gasteiger partial charge in [-0.3, -0.25) is 0 Å². The molecule has 1 aliphatic heterocycles. The summed E-state index contributed by atoms with van der Waals surface area (Å²) < 4.78 is 11.4. The Morgan fingerprint density at radius 1 is 1.29 bits per heavy atom. The summed E-state index contributed by atoms with van der Waals surface area (Å²) in [5.41, 5.74) is 1.42. The topological polar surface area (TPSA) is 47.6 Å². The van der Waals surface area contributed by atoms with Crippen molar-refractivity contribution < 1.29 is 14.3 Å². The molecule has 0 amide bonds. The molecule has 0 saturated carbocycles. The minimum absolute atomic E-state index is 0.354. The van der Waals surface area contributed by atoms with E-state index in [1.807, 2.05) is 24.3 Å². The molecule has 17 heavy (non-hydrogen) atoms. The monoisotopic (exact) mass is 361 g/mol. The van der Waals surface area contributed by atoms with Crippen LogP contribution >= 0.6 is 31.9 Å². The van der Waals surface area contributed by atoms with E-state index in [1.165, 1.54) is 7.11 Å². The molecule has 0 aliphatic carbocycles. The lowest BCUT2D eigenvalue weighted by molar-refractivity contribution is -0.155. The van der Waals surface area contributed by atoms with Gasteiger partial charge >= 0.3 is 5.97 Å². The molecule has 1 atom stereocenters. The molecule has 1 aliphatic rings. The van der Waals surface area contributed by atoms with Crippen molar-refractivity contribution in [3.8, 4) is 0 Å². The first-order valence-electron chi connectivity index (χ1n) is 4.78. The molecule has 6 heteroatoms. The van der Waals surface area contributed by atoms with Gasteiger partial charge in [0.15, 0.2) is 0 Å². The molecule has 0 bridgehead atoms. The molecule has 1 heterocycles. The average Bonchev–Trinajstić information content (AvgIpc) is 2.59. The van der Waals surface area contributed by atoms with E-state index in [2.05, 4.69) is 37.2 Å². The highest BCUT2D eigenvalue weighted by Crippen LogP contribution is 2.29. The molecule has 1 aromatic carbocycles. The Labute approximate surface area is 115 Å². The van der Waals surface area contributed by atoms with Gasteiger partial charge in [0.25, 0.3) is 0 Å². The number of ether oxygens (including phenoxy) is 2.